The van der Waals surface area contributed by atoms with Gasteiger partial charge in [0.2, 0.25) is 12.7 Å². The molecule has 1 aromatic heterocycles. The largest absolute Gasteiger partial charge is 0.497 e. The van der Waals surface area contributed by atoms with Gasteiger partial charge in [-0.05, 0) is 49.7 Å². The van der Waals surface area contributed by atoms with Gasteiger partial charge in [-0.3, -0.25) is 14.6 Å². The van der Waals surface area contributed by atoms with Crippen molar-refractivity contribution < 1.29 is 28.5 Å². The van der Waals surface area contributed by atoms with Crippen LogP contribution in [-0.2, 0) is 16.1 Å². The molecule has 3 heterocycles. The van der Waals surface area contributed by atoms with Crippen molar-refractivity contribution in [2.45, 2.75) is 26.4 Å². The lowest BCUT2D eigenvalue weighted by Crippen LogP contribution is -2.52. The molecule has 0 spiro atoms. The molecule has 1 atom stereocenters. The Hall–Kier alpha value is -3.76. The molecule has 3 aromatic rings. The van der Waals surface area contributed by atoms with Crippen LogP contribution in [0.4, 0.5) is 5.69 Å². The number of carbonyl (C=O) groups excluding carboxylic acids is 2. The fraction of sp³-hybridized carbons (Fsp3) is 0.407. The summed E-state index contributed by atoms with van der Waals surface area (Å²) in [6.45, 7) is 8.14. The van der Waals surface area contributed by atoms with Crippen LogP contribution in [0.3, 0.4) is 0 Å². The number of nitrogens with zero attached hydrogens (tertiary/aromatic N) is 2. The first kappa shape index (κ1) is 24.9. The van der Waals surface area contributed by atoms with E-state index in [4.69, 9.17) is 18.9 Å². The maximum absolute atomic E-state index is 13.3. The average molecular weight is 509 g/mol. The molecule has 2 aliphatic heterocycles. The Kier molecular flexibility index (Phi) is 7.20. The number of rotatable bonds is 8. The summed E-state index contributed by atoms with van der Waals surface area (Å²) in [5, 5.41) is 3.68. The van der Waals surface area contributed by atoms with Crippen LogP contribution >= 0.6 is 0 Å². The van der Waals surface area contributed by atoms with Gasteiger partial charge in [-0.15, -0.1) is 0 Å². The first-order valence-electron chi connectivity index (χ1n) is 12.5. The van der Waals surface area contributed by atoms with E-state index in [1.165, 1.54) is 5.56 Å². The van der Waals surface area contributed by atoms with Crippen molar-refractivity contribution in [2.75, 3.05) is 52.0 Å². The van der Waals surface area contributed by atoms with Gasteiger partial charge in [-0.25, -0.2) is 4.79 Å². The number of aromatic nitrogens is 1. The molecule has 10 heteroatoms. The third-order valence-corrected chi connectivity index (χ3v) is 6.91. The molecule has 2 N–H and O–H groups in total. The predicted octanol–water partition coefficient (Wildman–Crippen LogP) is 3.23. The number of esters is 1. The van der Waals surface area contributed by atoms with Crippen LogP contribution in [0.5, 0.6) is 17.2 Å². The van der Waals surface area contributed by atoms with Crippen LogP contribution in [0.25, 0.3) is 10.9 Å². The minimum absolute atomic E-state index is 0.182. The van der Waals surface area contributed by atoms with Crippen molar-refractivity contribution in [2.24, 2.45) is 0 Å². The van der Waals surface area contributed by atoms with E-state index >= 15 is 0 Å². The van der Waals surface area contributed by atoms with E-state index in [2.05, 4.69) is 26.2 Å². The number of fused-ring (bicyclic) bond motifs is 2. The summed E-state index contributed by atoms with van der Waals surface area (Å²) in [5.41, 5.74) is 2.51. The number of methoxy groups -OCH3 is 1. The van der Waals surface area contributed by atoms with Crippen LogP contribution in [-0.4, -0.2) is 79.4 Å². The highest BCUT2D eigenvalue weighted by atomic mass is 16.7. The lowest BCUT2D eigenvalue weighted by Gasteiger charge is -2.37. The Morgan fingerprint density at radius 1 is 1.08 bits per heavy atom. The van der Waals surface area contributed by atoms with Crippen molar-refractivity contribution in [1.82, 2.24) is 14.8 Å². The van der Waals surface area contributed by atoms with Crippen LogP contribution in [0, 0.1) is 0 Å². The third-order valence-electron chi connectivity index (χ3n) is 6.91. The molecule has 0 radical (unpaired) electrons. The minimum Gasteiger partial charge on any atom is -0.497 e. The standard InChI is InChI=1S/C27H32N4O6/c1-4-35-27(33)25-24(20-14-19(34-3)6-7-21(20)28-25)29-26(32)17(2)31-11-9-30(10-12-31)15-18-5-8-22-23(13-18)37-16-36-22/h5-8,13-14,17,28H,4,9-12,15-16H2,1-3H3,(H,29,32)/t17-/m1/s1. The Morgan fingerprint density at radius 3 is 2.62 bits per heavy atom. The number of amides is 1. The number of benzene rings is 2. The quantitative estimate of drug-likeness (QED) is 0.447. The minimum atomic E-state index is -0.516. The summed E-state index contributed by atoms with van der Waals surface area (Å²) in [6.07, 6.45) is 0. The number of hydrogen-bond acceptors (Lipinski definition) is 8. The monoisotopic (exact) mass is 508 g/mol. The van der Waals surface area contributed by atoms with Crippen LogP contribution < -0.4 is 19.5 Å². The molecule has 1 amide bonds. The summed E-state index contributed by atoms with van der Waals surface area (Å²) in [7, 11) is 1.58. The van der Waals surface area contributed by atoms with Crippen LogP contribution in [0.2, 0.25) is 0 Å². The average Bonchev–Trinajstić information content (AvgIpc) is 3.53. The zero-order valence-electron chi connectivity index (χ0n) is 21.3. The van der Waals surface area contributed by atoms with E-state index in [9.17, 15) is 9.59 Å². The lowest BCUT2D eigenvalue weighted by molar-refractivity contribution is -0.121. The fourth-order valence-electron chi connectivity index (χ4n) is 4.78. The first-order valence-corrected chi connectivity index (χ1v) is 12.5. The highest BCUT2D eigenvalue weighted by Crippen LogP contribution is 2.33. The number of hydrogen-bond donors (Lipinski definition) is 2. The van der Waals surface area contributed by atoms with Crippen LogP contribution in [0.15, 0.2) is 36.4 Å². The molecule has 0 saturated carbocycles. The number of aromatic amines is 1. The predicted molar refractivity (Wildman–Crippen MR) is 138 cm³/mol. The Balaban J connectivity index is 1.24. The van der Waals surface area contributed by atoms with Crippen molar-refractivity contribution in [3.63, 3.8) is 0 Å². The SMILES string of the molecule is CCOC(=O)c1[nH]c2ccc(OC)cc2c1NC(=O)[C@@H](C)N1CCN(Cc2ccc3c(c2)OCO3)CC1. The first-order chi connectivity index (χ1) is 18.0. The zero-order chi connectivity index (χ0) is 25.9. The number of H-pyrrole nitrogens is 1. The molecule has 196 valence electrons. The lowest BCUT2D eigenvalue weighted by atomic mass is 10.1. The molecule has 10 nitrogen and oxygen atoms in total. The molecule has 37 heavy (non-hydrogen) atoms. The molecular weight excluding hydrogens is 476 g/mol. The summed E-state index contributed by atoms with van der Waals surface area (Å²) in [4.78, 5) is 33.6. The zero-order valence-corrected chi connectivity index (χ0v) is 21.3. The second-order valence-electron chi connectivity index (χ2n) is 9.17. The second kappa shape index (κ2) is 10.7. The number of anilines is 1. The maximum Gasteiger partial charge on any atom is 0.356 e. The maximum atomic E-state index is 13.3. The summed E-state index contributed by atoms with van der Waals surface area (Å²) in [5.74, 6) is 1.51. The Morgan fingerprint density at radius 2 is 1.86 bits per heavy atom. The molecule has 1 saturated heterocycles. The molecule has 2 aromatic carbocycles. The summed E-state index contributed by atoms with van der Waals surface area (Å²) < 4.78 is 21.5. The van der Waals surface area contributed by atoms with E-state index < -0.39 is 5.97 Å². The van der Waals surface area contributed by atoms with Gasteiger partial charge < -0.3 is 29.2 Å². The van der Waals surface area contributed by atoms with Crippen LogP contribution in [0.1, 0.15) is 29.9 Å². The molecule has 0 aliphatic carbocycles. The number of ether oxygens (including phenoxy) is 4. The molecule has 5 rings (SSSR count). The van der Waals surface area contributed by atoms with E-state index in [1.807, 2.05) is 25.1 Å². The number of piperazine rings is 1. The normalized spacial score (nSPS) is 16.5. The summed E-state index contributed by atoms with van der Waals surface area (Å²) in [6, 6.07) is 11.1. The van der Waals surface area contributed by atoms with E-state index in [1.54, 1.807) is 26.2 Å². The van der Waals surface area contributed by atoms with Gasteiger partial charge in [-0.1, -0.05) is 6.07 Å². The number of nitrogens with one attached hydrogen (secondary N) is 2. The third kappa shape index (κ3) is 5.21. The van der Waals surface area contributed by atoms with Gasteiger partial charge >= 0.3 is 5.97 Å². The van der Waals surface area contributed by atoms with Gasteiger partial charge in [0.05, 0.1) is 25.4 Å². The highest BCUT2D eigenvalue weighted by molar-refractivity contribution is 6.12. The second-order valence-corrected chi connectivity index (χ2v) is 9.17. The van der Waals surface area contributed by atoms with Gasteiger partial charge in [0.25, 0.3) is 0 Å². The van der Waals surface area contributed by atoms with Crippen molar-refractivity contribution >= 4 is 28.5 Å². The Labute approximate surface area is 215 Å². The number of carbonyl (C=O) groups is 2. The van der Waals surface area contributed by atoms with E-state index in [0.717, 1.165) is 44.2 Å². The summed E-state index contributed by atoms with van der Waals surface area (Å²) >= 11 is 0. The molecular formula is C27H32N4O6. The molecule has 2 aliphatic rings. The van der Waals surface area contributed by atoms with E-state index in [0.29, 0.717) is 22.3 Å². The van der Waals surface area contributed by atoms with Crippen molar-refractivity contribution in [3.8, 4) is 17.2 Å². The molecule has 0 bridgehead atoms. The van der Waals surface area contributed by atoms with Gasteiger partial charge in [0.1, 0.15) is 11.4 Å². The molecule has 0 unspecified atom stereocenters. The van der Waals surface area contributed by atoms with Gasteiger partial charge in [-0.2, -0.15) is 0 Å². The fourth-order valence-corrected chi connectivity index (χ4v) is 4.78. The van der Waals surface area contributed by atoms with Crippen molar-refractivity contribution in [1.29, 1.82) is 0 Å². The molecule has 1 fully saturated rings. The topological polar surface area (TPSA) is 105 Å². The van der Waals surface area contributed by atoms with Crippen molar-refractivity contribution in [3.05, 3.63) is 47.7 Å². The smallest absolute Gasteiger partial charge is 0.356 e. The van der Waals surface area contributed by atoms with Gasteiger partial charge in [0, 0.05) is 43.6 Å². The van der Waals surface area contributed by atoms with Gasteiger partial charge in [0.15, 0.2) is 11.5 Å². The highest BCUT2D eigenvalue weighted by Gasteiger charge is 2.28. The van der Waals surface area contributed by atoms with E-state index in [-0.39, 0.29) is 31.0 Å². The Bertz CT molecular complexity index is 1300.